The summed E-state index contributed by atoms with van der Waals surface area (Å²) < 4.78 is 13.0. The number of carbonyl (C=O) groups excluding carboxylic acids is 1. The third-order valence-corrected chi connectivity index (χ3v) is 4.93. The molecule has 1 N–H and O–H groups in total. The van der Waals surface area contributed by atoms with Crippen molar-refractivity contribution < 1.29 is 14.1 Å². The molecule has 3 rings (SSSR count). The monoisotopic (exact) mass is 386 g/mol. The summed E-state index contributed by atoms with van der Waals surface area (Å²) in [5.74, 6) is -0.468. The third-order valence-electron chi connectivity index (χ3n) is 4.93. The number of nitrogens with zero attached hydrogens (tertiary/aromatic N) is 3. The molecule has 1 aliphatic heterocycles. The van der Waals surface area contributed by atoms with Crippen molar-refractivity contribution in [2.24, 2.45) is 0 Å². The van der Waals surface area contributed by atoms with Crippen LogP contribution in [0.3, 0.4) is 0 Å². The number of piperazine rings is 1. The lowest BCUT2D eigenvalue weighted by Gasteiger charge is -2.36. The Hall–Kier alpha value is -3.00. The zero-order valence-corrected chi connectivity index (χ0v) is 15.7. The van der Waals surface area contributed by atoms with E-state index < -0.39 is 4.92 Å². The molecule has 1 fully saturated rings. The summed E-state index contributed by atoms with van der Waals surface area (Å²) in [5.41, 5.74) is 1.91. The molecular formula is C20H23FN4O3. The fourth-order valence-corrected chi connectivity index (χ4v) is 3.31. The second kappa shape index (κ2) is 8.79. The zero-order valence-electron chi connectivity index (χ0n) is 15.7. The summed E-state index contributed by atoms with van der Waals surface area (Å²) in [6.07, 6.45) is 0. The van der Waals surface area contributed by atoms with E-state index in [1.165, 1.54) is 30.3 Å². The number of anilines is 1. The number of aryl methyl sites for hydroxylation is 1. The molecule has 2 aromatic carbocycles. The molecule has 0 spiro atoms. The van der Waals surface area contributed by atoms with Crippen molar-refractivity contribution in [2.75, 3.05) is 44.2 Å². The number of nitro benzene ring substituents is 1. The van der Waals surface area contributed by atoms with Crippen molar-refractivity contribution in [3.63, 3.8) is 0 Å². The minimum atomic E-state index is -0.456. The molecule has 0 bridgehead atoms. The molecule has 0 unspecified atom stereocenters. The van der Waals surface area contributed by atoms with Crippen LogP contribution in [0.2, 0.25) is 0 Å². The van der Waals surface area contributed by atoms with Gasteiger partial charge < -0.3 is 10.2 Å². The number of rotatable bonds is 6. The van der Waals surface area contributed by atoms with E-state index in [2.05, 4.69) is 15.1 Å². The van der Waals surface area contributed by atoms with Gasteiger partial charge in [-0.1, -0.05) is 0 Å². The number of nitrogens with one attached hydrogen (secondary N) is 1. The molecule has 28 heavy (non-hydrogen) atoms. The average Bonchev–Trinajstić information content (AvgIpc) is 2.68. The van der Waals surface area contributed by atoms with E-state index in [0.29, 0.717) is 17.7 Å². The van der Waals surface area contributed by atoms with E-state index in [9.17, 15) is 19.3 Å². The maximum atomic E-state index is 13.0. The van der Waals surface area contributed by atoms with Crippen molar-refractivity contribution in [1.82, 2.24) is 10.2 Å². The maximum Gasteiger partial charge on any atom is 0.272 e. The van der Waals surface area contributed by atoms with Gasteiger partial charge in [0, 0.05) is 62.1 Å². The number of carbonyl (C=O) groups is 1. The van der Waals surface area contributed by atoms with E-state index in [1.807, 2.05) is 0 Å². The number of amides is 1. The van der Waals surface area contributed by atoms with Gasteiger partial charge in [-0.05, 0) is 43.3 Å². The number of halogens is 1. The molecule has 1 aliphatic rings. The lowest BCUT2D eigenvalue weighted by atomic mass is 10.1. The number of hydrogen-bond donors (Lipinski definition) is 1. The SMILES string of the molecule is Cc1cc(C(=O)NCCN2CCN(c3ccc(F)cc3)CC2)ccc1[N+](=O)[O-]. The molecule has 0 aliphatic carbocycles. The van der Waals surface area contributed by atoms with Crippen LogP contribution in [0.1, 0.15) is 15.9 Å². The van der Waals surface area contributed by atoms with Crippen molar-refractivity contribution in [2.45, 2.75) is 6.92 Å². The van der Waals surface area contributed by atoms with Gasteiger partial charge in [0.05, 0.1) is 4.92 Å². The van der Waals surface area contributed by atoms with Crippen LogP contribution in [0.15, 0.2) is 42.5 Å². The smallest absolute Gasteiger partial charge is 0.272 e. The molecule has 0 saturated carbocycles. The lowest BCUT2D eigenvalue weighted by Crippen LogP contribution is -2.48. The Morgan fingerprint density at radius 1 is 1.14 bits per heavy atom. The van der Waals surface area contributed by atoms with Gasteiger partial charge in [0.15, 0.2) is 0 Å². The highest BCUT2D eigenvalue weighted by Gasteiger charge is 2.18. The van der Waals surface area contributed by atoms with Crippen LogP contribution in [0.4, 0.5) is 15.8 Å². The number of hydrogen-bond acceptors (Lipinski definition) is 5. The first-order valence-corrected chi connectivity index (χ1v) is 9.20. The predicted octanol–water partition coefficient (Wildman–Crippen LogP) is 2.59. The average molecular weight is 386 g/mol. The van der Waals surface area contributed by atoms with E-state index in [-0.39, 0.29) is 17.4 Å². The van der Waals surface area contributed by atoms with Crippen molar-refractivity contribution in [3.05, 3.63) is 69.5 Å². The molecule has 1 saturated heterocycles. The molecule has 0 atom stereocenters. The first kappa shape index (κ1) is 19.8. The second-order valence-electron chi connectivity index (χ2n) is 6.82. The molecule has 1 amide bonds. The highest BCUT2D eigenvalue weighted by molar-refractivity contribution is 5.94. The van der Waals surface area contributed by atoms with Crippen LogP contribution in [0.5, 0.6) is 0 Å². The molecule has 2 aromatic rings. The first-order chi connectivity index (χ1) is 13.4. The van der Waals surface area contributed by atoms with Gasteiger partial charge in [0.1, 0.15) is 5.82 Å². The summed E-state index contributed by atoms with van der Waals surface area (Å²) in [4.78, 5) is 27.1. The lowest BCUT2D eigenvalue weighted by molar-refractivity contribution is -0.385. The minimum absolute atomic E-state index is 0.00979. The van der Waals surface area contributed by atoms with Crippen LogP contribution < -0.4 is 10.2 Å². The van der Waals surface area contributed by atoms with Crippen molar-refractivity contribution in [3.8, 4) is 0 Å². The number of benzene rings is 2. The van der Waals surface area contributed by atoms with Crippen molar-refractivity contribution >= 4 is 17.3 Å². The summed E-state index contributed by atoms with van der Waals surface area (Å²) in [6.45, 7) is 6.28. The molecule has 1 heterocycles. The zero-order chi connectivity index (χ0) is 20.1. The molecule has 8 heteroatoms. The summed E-state index contributed by atoms with van der Waals surface area (Å²) >= 11 is 0. The van der Waals surface area contributed by atoms with Gasteiger partial charge >= 0.3 is 0 Å². The quantitative estimate of drug-likeness (QED) is 0.610. The first-order valence-electron chi connectivity index (χ1n) is 9.20. The van der Waals surface area contributed by atoms with Crippen molar-refractivity contribution in [1.29, 1.82) is 0 Å². The van der Waals surface area contributed by atoms with Crippen LogP contribution in [0.25, 0.3) is 0 Å². The summed E-state index contributed by atoms with van der Waals surface area (Å²) in [7, 11) is 0. The predicted molar refractivity (Wildman–Crippen MR) is 105 cm³/mol. The second-order valence-corrected chi connectivity index (χ2v) is 6.82. The van der Waals surface area contributed by atoms with Crippen LogP contribution in [-0.2, 0) is 0 Å². The van der Waals surface area contributed by atoms with Crippen LogP contribution in [0, 0.1) is 22.9 Å². The van der Waals surface area contributed by atoms with E-state index in [0.717, 1.165) is 38.4 Å². The fraction of sp³-hybridized carbons (Fsp3) is 0.350. The summed E-state index contributed by atoms with van der Waals surface area (Å²) in [5, 5.41) is 13.7. The van der Waals surface area contributed by atoms with Crippen LogP contribution in [-0.4, -0.2) is 55.0 Å². The maximum absolute atomic E-state index is 13.0. The third kappa shape index (κ3) is 4.83. The van der Waals surface area contributed by atoms with E-state index in [1.54, 1.807) is 19.1 Å². The standard InChI is InChI=1S/C20H23FN4O3/c1-15-14-16(2-7-19(15)25(27)28)20(26)22-8-9-23-10-12-24(13-11-23)18-5-3-17(21)4-6-18/h2-7,14H,8-13H2,1H3,(H,22,26). The Balaban J connectivity index is 1.43. The molecule has 148 valence electrons. The van der Waals surface area contributed by atoms with Gasteiger partial charge in [-0.2, -0.15) is 0 Å². The molecule has 7 nitrogen and oxygen atoms in total. The van der Waals surface area contributed by atoms with E-state index >= 15 is 0 Å². The van der Waals surface area contributed by atoms with Gasteiger partial charge in [0.25, 0.3) is 11.6 Å². The van der Waals surface area contributed by atoms with Crippen LogP contribution >= 0.6 is 0 Å². The highest BCUT2D eigenvalue weighted by Crippen LogP contribution is 2.19. The molecular weight excluding hydrogens is 363 g/mol. The highest BCUT2D eigenvalue weighted by atomic mass is 19.1. The minimum Gasteiger partial charge on any atom is -0.369 e. The van der Waals surface area contributed by atoms with E-state index in [4.69, 9.17) is 0 Å². The van der Waals surface area contributed by atoms with Gasteiger partial charge in [0.2, 0.25) is 0 Å². The fourth-order valence-electron chi connectivity index (χ4n) is 3.31. The Labute approximate surface area is 162 Å². The van der Waals surface area contributed by atoms with Gasteiger partial charge in [-0.15, -0.1) is 0 Å². The molecule has 0 radical (unpaired) electrons. The number of nitro groups is 1. The Bertz CT molecular complexity index is 849. The Morgan fingerprint density at radius 3 is 2.43 bits per heavy atom. The topological polar surface area (TPSA) is 78.7 Å². The van der Waals surface area contributed by atoms with Gasteiger partial charge in [-0.3, -0.25) is 19.8 Å². The molecule has 0 aromatic heterocycles. The Kier molecular flexibility index (Phi) is 6.20. The largest absolute Gasteiger partial charge is 0.369 e. The van der Waals surface area contributed by atoms with Gasteiger partial charge in [-0.25, -0.2) is 4.39 Å². The Morgan fingerprint density at radius 2 is 1.82 bits per heavy atom. The summed E-state index contributed by atoms with van der Waals surface area (Å²) in [6, 6.07) is 10.9. The normalized spacial score (nSPS) is 14.7.